The number of rotatable bonds is 4. The Morgan fingerprint density at radius 1 is 1.20 bits per heavy atom. The molecule has 2 aromatic rings. The summed E-state index contributed by atoms with van der Waals surface area (Å²) in [5.41, 5.74) is 2.22. The zero-order valence-electron chi connectivity index (χ0n) is 14.5. The van der Waals surface area contributed by atoms with Crippen molar-refractivity contribution in [1.82, 2.24) is 20.5 Å². The van der Waals surface area contributed by atoms with E-state index < -0.39 is 0 Å². The number of likely N-dealkylation sites (tertiary alicyclic amines) is 1. The molecule has 1 N–H and O–H groups in total. The molecular weight excluding hydrogens is 316 g/mol. The van der Waals surface area contributed by atoms with Crippen LogP contribution in [0.15, 0.2) is 35.0 Å². The van der Waals surface area contributed by atoms with Gasteiger partial charge in [0.2, 0.25) is 0 Å². The fourth-order valence-corrected chi connectivity index (χ4v) is 4.32. The molecule has 1 aromatic heterocycles. The molecule has 132 valence electrons. The van der Waals surface area contributed by atoms with Crippen molar-refractivity contribution in [1.29, 1.82) is 0 Å². The lowest BCUT2D eigenvalue weighted by molar-refractivity contribution is 0.0903. The first-order valence-electron chi connectivity index (χ1n) is 9.05. The Morgan fingerprint density at radius 3 is 2.76 bits per heavy atom. The Hall–Kier alpha value is -2.21. The van der Waals surface area contributed by atoms with Crippen LogP contribution in [0.4, 0.5) is 0 Å². The summed E-state index contributed by atoms with van der Waals surface area (Å²) in [4.78, 5) is 14.9. The van der Waals surface area contributed by atoms with Gasteiger partial charge in [0.25, 0.3) is 5.91 Å². The maximum Gasteiger partial charge on any atom is 0.275 e. The number of nitrogens with one attached hydrogen (secondary N) is 1. The van der Waals surface area contributed by atoms with E-state index in [1.807, 2.05) is 0 Å². The zero-order chi connectivity index (χ0) is 17.2. The summed E-state index contributed by atoms with van der Waals surface area (Å²) < 4.78 is 4.63. The molecule has 6 heteroatoms. The molecule has 1 amide bonds. The van der Waals surface area contributed by atoms with Gasteiger partial charge in [-0.05, 0) is 48.7 Å². The fraction of sp³-hybridized carbons (Fsp3) is 0.526. The highest BCUT2D eigenvalue weighted by molar-refractivity contribution is 5.93. The molecule has 1 aliphatic carbocycles. The highest BCUT2D eigenvalue weighted by Crippen LogP contribution is 2.36. The molecule has 0 bridgehead atoms. The van der Waals surface area contributed by atoms with Gasteiger partial charge in [0.15, 0.2) is 5.69 Å². The summed E-state index contributed by atoms with van der Waals surface area (Å²) in [7, 11) is 0. The molecule has 2 heterocycles. The summed E-state index contributed by atoms with van der Waals surface area (Å²) in [5, 5.41) is 10.5. The Morgan fingerprint density at radius 2 is 2.00 bits per heavy atom. The molecule has 1 unspecified atom stereocenters. The average Bonchev–Trinajstić information content (AvgIpc) is 3.21. The van der Waals surface area contributed by atoms with Crippen molar-refractivity contribution in [2.24, 2.45) is 11.8 Å². The third-order valence-corrected chi connectivity index (χ3v) is 5.58. The largest absolute Gasteiger partial charge is 0.348 e. The second-order valence-corrected chi connectivity index (χ2v) is 7.38. The maximum atomic E-state index is 12.3. The normalized spacial score (nSPS) is 26.4. The third kappa shape index (κ3) is 3.58. The molecule has 2 aliphatic rings. The Kier molecular flexibility index (Phi) is 4.53. The molecule has 1 saturated heterocycles. The first-order chi connectivity index (χ1) is 12.2. The van der Waals surface area contributed by atoms with Crippen LogP contribution < -0.4 is 5.32 Å². The van der Waals surface area contributed by atoms with E-state index in [0.29, 0.717) is 17.3 Å². The second-order valence-electron chi connectivity index (χ2n) is 7.38. The molecule has 0 radical (unpaired) electrons. The number of aromatic nitrogens is 2. The first kappa shape index (κ1) is 16.3. The SMILES string of the molecule is Cc1nonc1C(=O)NC1CC[C@@H]2CN(Cc3ccccc3)C[C@@H]2C1. The van der Waals surface area contributed by atoms with E-state index in [1.54, 1.807) is 6.92 Å². The molecule has 2 fully saturated rings. The second kappa shape index (κ2) is 6.96. The number of carbonyl (C=O) groups is 1. The van der Waals surface area contributed by atoms with Gasteiger partial charge in [0, 0.05) is 25.7 Å². The number of amides is 1. The van der Waals surface area contributed by atoms with Gasteiger partial charge in [-0.3, -0.25) is 9.69 Å². The van der Waals surface area contributed by atoms with Gasteiger partial charge in [-0.25, -0.2) is 4.63 Å². The van der Waals surface area contributed by atoms with Crippen molar-refractivity contribution in [3.05, 3.63) is 47.3 Å². The van der Waals surface area contributed by atoms with Crippen LogP contribution in [-0.4, -0.2) is 40.3 Å². The maximum absolute atomic E-state index is 12.3. The van der Waals surface area contributed by atoms with Gasteiger partial charge in [-0.15, -0.1) is 0 Å². The quantitative estimate of drug-likeness (QED) is 0.925. The van der Waals surface area contributed by atoms with Crippen LogP contribution in [0, 0.1) is 18.8 Å². The molecule has 25 heavy (non-hydrogen) atoms. The Bertz CT molecular complexity index is 730. The minimum absolute atomic E-state index is 0.165. The van der Waals surface area contributed by atoms with Gasteiger partial charge in [-0.2, -0.15) is 0 Å². The van der Waals surface area contributed by atoms with Gasteiger partial charge in [0.05, 0.1) is 0 Å². The summed E-state index contributed by atoms with van der Waals surface area (Å²) in [6.45, 7) is 5.05. The number of aryl methyl sites for hydroxylation is 1. The van der Waals surface area contributed by atoms with Crippen LogP contribution in [0.25, 0.3) is 0 Å². The summed E-state index contributed by atoms with van der Waals surface area (Å²) in [6.07, 6.45) is 3.26. The van der Waals surface area contributed by atoms with Crippen molar-refractivity contribution in [3.8, 4) is 0 Å². The third-order valence-electron chi connectivity index (χ3n) is 5.58. The highest BCUT2D eigenvalue weighted by Gasteiger charge is 2.38. The smallest absolute Gasteiger partial charge is 0.275 e. The lowest BCUT2D eigenvalue weighted by Gasteiger charge is -2.31. The summed E-state index contributed by atoms with van der Waals surface area (Å²) in [6, 6.07) is 10.9. The summed E-state index contributed by atoms with van der Waals surface area (Å²) in [5.74, 6) is 1.26. The van der Waals surface area contributed by atoms with Crippen LogP contribution in [0.5, 0.6) is 0 Å². The molecule has 6 nitrogen and oxygen atoms in total. The van der Waals surface area contributed by atoms with Crippen molar-refractivity contribution in [2.45, 2.75) is 38.8 Å². The molecule has 3 atom stereocenters. The lowest BCUT2D eigenvalue weighted by Crippen LogP contribution is -2.41. The van der Waals surface area contributed by atoms with E-state index in [2.05, 4.69) is 55.5 Å². The van der Waals surface area contributed by atoms with E-state index in [4.69, 9.17) is 0 Å². The monoisotopic (exact) mass is 340 g/mol. The predicted octanol–water partition coefficient (Wildman–Crippen LogP) is 2.41. The van der Waals surface area contributed by atoms with Crippen LogP contribution in [0.3, 0.4) is 0 Å². The van der Waals surface area contributed by atoms with Crippen LogP contribution in [0.1, 0.15) is 41.0 Å². The van der Waals surface area contributed by atoms with E-state index in [9.17, 15) is 4.79 Å². The van der Waals surface area contributed by atoms with Gasteiger partial charge in [-0.1, -0.05) is 35.5 Å². The number of fused-ring (bicyclic) bond motifs is 1. The number of carbonyl (C=O) groups excluding carboxylic acids is 1. The van der Waals surface area contributed by atoms with Gasteiger partial charge >= 0.3 is 0 Å². The van der Waals surface area contributed by atoms with E-state index in [-0.39, 0.29) is 11.9 Å². The molecule has 1 saturated carbocycles. The first-order valence-corrected chi connectivity index (χ1v) is 9.05. The molecule has 4 rings (SSSR count). The highest BCUT2D eigenvalue weighted by atomic mass is 16.6. The van der Waals surface area contributed by atoms with Crippen LogP contribution in [0.2, 0.25) is 0 Å². The Balaban J connectivity index is 1.32. The van der Waals surface area contributed by atoms with E-state index in [0.717, 1.165) is 31.8 Å². The van der Waals surface area contributed by atoms with Crippen molar-refractivity contribution in [2.75, 3.05) is 13.1 Å². The van der Waals surface area contributed by atoms with Crippen LogP contribution >= 0.6 is 0 Å². The van der Waals surface area contributed by atoms with Gasteiger partial charge in [0.1, 0.15) is 5.69 Å². The van der Waals surface area contributed by atoms with Gasteiger partial charge < -0.3 is 5.32 Å². The predicted molar refractivity (Wildman–Crippen MR) is 92.8 cm³/mol. The lowest BCUT2D eigenvalue weighted by atomic mass is 9.79. The molecular formula is C19H24N4O2. The minimum Gasteiger partial charge on any atom is -0.348 e. The average molecular weight is 340 g/mol. The Labute approximate surface area is 147 Å². The topological polar surface area (TPSA) is 71.3 Å². The zero-order valence-corrected chi connectivity index (χ0v) is 14.5. The standard InChI is InChI=1S/C19H24N4O2/c1-13-18(22-25-21-13)19(24)20-17-8-7-15-11-23(12-16(15)9-17)10-14-5-3-2-4-6-14/h2-6,15-17H,7-12H2,1H3,(H,20,24)/t15-,16+,17?/m1/s1. The number of benzene rings is 1. The van der Waals surface area contributed by atoms with Crippen molar-refractivity contribution < 1.29 is 9.42 Å². The number of hydrogen-bond donors (Lipinski definition) is 1. The fourth-order valence-electron chi connectivity index (χ4n) is 4.32. The minimum atomic E-state index is -0.165. The van der Waals surface area contributed by atoms with E-state index >= 15 is 0 Å². The van der Waals surface area contributed by atoms with Crippen molar-refractivity contribution >= 4 is 5.91 Å². The van der Waals surface area contributed by atoms with Crippen LogP contribution in [-0.2, 0) is 6.54 Å². The number of hydrogen-bond acceptors (Lipinski definition) is 5. The van der Waals surface area contributed by atoms with E-state index in [1.165, 1.54) is 18.5 Å². The molecule has 0 spiro atoms. The molecule has 1 aromatic carbocycles. The van der Waals surface area contributed by atoms with Crippen molar-refractivity contribution in [3.63, 3.8) is 0 Å². The molecule has 1 aliphatic heterocycles. The summed E-state index contributed by atoms with van der Waals surface area (Å²) >= 11 is 0. The number of nitrogens with zero attached hydrogens (tertiary/aromatic N) is 3.